The zero-order valence-electron chi connectivity index (χ0n) is 10.2. The molecule has 2 N–H and O–H groups in total. The van der Waals surface area contributed by atoms with Gasteiger partial charge in [0.1, 0.15) is 5.03 Å². The second-order valence-electron chi connectivity index (χ2n) is 3.88. The number of rotatable bonds is 5. The number of thioether (sulfide) groups is 1. The van der Waals surface area contributed by atoms with Crippen molar-refractivity contribution in [2.75, 3.05) is 11.5 Å². The maximum Gasteiger partial charge on any atom is 0.272 e. The first-order valence-electron chi connectivity index (χ1n) is 5.74. The van der Waals surface area contributed by atoms with Crippen molar-refractivity contribution in [2.45, 2.75) is 11.4 Å². The summed E-state index contributed by atoms with van der Waals surface area (Å²) in [5.41, 5.74) is 7.32. The zero-order valence-corrected chi connectivity index (χ0v) is 11.0. The quantitative estimate of drug-likeness (QED) is 0.515. The van der Waals surface area contributed by atoms with E-state index >= 15 is 0 Å². The molecule has 0 fully saturated rings. The number of nitro groups is 1. The largest absolute Gasteiger partial charge is 0.397 e. The van der Waals surface area contributed by atoms with Gasteiger partial charge in [0, 0.05) is 23.6 Å². The average Bonchev–Trinajstić information content (AvgIpc) is 2.41. The monoisotopic (exact) mass is 275 g/mol. The van der Waals surface area contributed by atoms with Crippen LogP contribution in [0.15, 0.2) is 47.6 Å². The van der Waals surface area contributed by atoms with Crippen molar-refractivity contribution in [3.05, 3.63) is 58.3 Å². The molecule has 0 aliphatic rings. The topological polar surface area (TPSA) is 82.0 Å². The van der Waals surface area contributed by atoms with Crippen LogP contribution in [0, 0.1) is 10.1 Å². The molecule has 0 spiro atoms. The summed E-state index contributed by atoms with van der Waals surface area (Å²) in [6.45, 7) is 0. The number of pyridine rings is 1. The molecule has 0 saturated carbocycles. The van der Waals surface area contributed by atoms with E-state index in [0.717, 1.165) is 10.6 Å². The van der Waals surface area contributed by atoms with Gasteiger partial charge in [-0.05, 0) is 18.6 Å². The lowest BCUT2D eigenvalue weighted by Gasteiger charge is -2.04. The van der Waals surface area contributed by atoms with Crippen molar-refractivity contribution in [1.82, 2.24) is 4.98 Å². The Labute approximate surface area is 115 Å². The molecule has 0 saturated heterocycles. The number of nitrogen functional groups attached to an aromatic ring is 1. The molecule has 5 nitrogen and oxygen atoms in total. The number of nitrogens with two attached hydrogens (primary N) is 1. The van der Waals surface area contributed by atoms with Gasteiger partial charge < -0.3 is 5.73 Å². The van der Waals surface area contributed by atoms with Gasteiger partial charge >= 0.3 is 0 Å². The van der Waals surface area contributed by atoms with Crippen LogP contribution < -0.4 is 5.73 Å². The Balaban J connectivity index is 2.00. The fourth-order valence-electron chi connectivity index (χ4n) is 1.68. The van der Waals surface area contributed by atoms with E-state index in [-0.39, 0.29) is 10.6 Å². The lowest BCUT2D eigenvalue weighted by atomic mass is 10.1. The summed E-state index contributed by atoms with van der Waals surface area (Å²) in [5.74, 6) is 0.700. The standard InChI is InChI=1S/C13H13N3O2S/c14-11-5-3-8-15-13(11)19-9-7-10-4-1-2-6-12(10)16(17)18/h1-6,8H,7,9,14H2. The molecule has 0 atom stereocenters. The number of anilines is 1. The van der Waals surface area contributed by atoms with Crippen LogP contribution in [0.25, 0.3) is 0 Å². The van der Waals surface area contributed by atoms with Gasteiger partial charge in [-0.15, -0.1) is 11.8 Å². The molecular weight excluding hydrogens is 262 g/mol. The average molecular weight is 275 g/mol. The van der Waals surface area contributed by atoms with Crippen molar-refractivity contribution >= 4 is 23.1 Å². The van der Waals surface area contributed by atoms with Crippen LogP contribution in [-0.2, 0) is 6.42 Å². The number of hydrogen-bond acceptors (Lipinski definition) is 5. The fourth-order valence-corrected chi connectivity index (χ4v) is 2.57. The van der Waals surface area contributed by atoms with Crippen molar-refractivity contribution < 1.29 is 4.92 Å². The lowest BCUT2D eigenvalue weighted by Crippen LogP contribution is -1.98. The van der Waals surface area contributed by atoms with Crippen LogP contribution in [0.1, 0.15) is 5.56 Å². The molecule has 1 aromatic heterocycles. The van der Waals surface area contributed by atoms with Gasteiger partial charge in [-0.3, -0.25) is 10.1 Å². The summed E-state index contributed by atoms with van der Waals surface area (Å²) >= 11 is 1.50. The number of benzene rings is 1. The molecule has 1 aromatic carbocycles. The minimum Gasteiger partial charge on any atom is -0.397 e. The molecule has 0 unspecified atom stereocenters. The highest BCUT2D eigenvalue weighted by Crippen LogP contribution is 2.25. The normalized spacial score (nSPS) is 10.3. The smallest absolute Gasteiger partial charge is 0.272 e. The second kappa shape index (κ2) is 6.19. The van der Waals surface area contributed by atoms with Crippen LogP contribution in [0.3, 0.4) is 0 Å². The molecule has 1 heterocycles. The first kappa shape index (κ1) is 13.4. The van der Waals surface area contributed by atoms with Crippen LogP contribution in [0.5, 0.6) is 0 Å². The van der Waals surface area contributed by atoms with Gasteiger partial charge in [0.05, 0.1) is 10.6 Å². The minimum absolute atomic E-state index is 0.164. The predicted octanol–water partition coefficient (Wildman–Crippen LogP) is 2.91. The van der Waals surface area contributed by atoms with Crippen molar-refractivity contribution in [1.29, 1.82) is 0 Å². The zero-order chi connectivity index (χ0) is 13.7. The third kappa shape index (κ3) is 3.45. The Morgan fingerprint density at radius 1 is 1.26 bits per heavy atom. The van der Waals surface area contributed by atoms with E-state index < -0.39 is 0 Å². The molecule has 0 aliphatic carbocycles. The summed E-state index contributed by atoms with van der Waals surface area (Å²) in [6.07, 6.45) is 2.29. The first-order valence-corrected chi connectivity index (χ1v) is 6.72. The first-order chi connectivity index (χ1) is 9.18. The molecular formula is C13H13N3O2S. The van der Waals surface area contributed by atoms with Crippen molar-refractivity contribution in [2.24, 2.45) is 0 Å². The lowest BCUT2D eigenvalue weighted by molar-refractivity contribution is -0.385. The molecule has 0 bridgehead atoms. The number of nitro benzene ring substituents is 1. The number of aromatic nitrogens is 1. The van der Waals surface area contributed by atoms with Crippen LogP contribution in [-0.4, -0.2) is 15.7 Å². The molecule has 2 aromatic rings. The van der Waals surface area contributed by atoms with Gasteiger partial charge in [0.2, 0.25) is 0 Å². The molecule has 0 aliphatic heterocycles. The van der Waals surface area contributed by atoms with Crippen molar-refractivity contribution in [3.63, 3.8) is 0 Å². The van der Waals surface area contributed by atoms with E-state index in [9.17, 15) is 10.1 Å². The molecule has 98 valence electrons. The molecule has 6 heteroatoms. The van der Waals surface area contributed by atoms with E-state index in [4.69, 9.17) is 5.73 Å². The molecule has 19 heavy (non-hydrogen) atoms. The van der Waals surface area contributed by atoms with Crippen LogP contribution in [0.4, 0.5) is 11.4 Å². The summed E-state index contributed by atoms with van der Waals surface area (Å²) in [6, 6.07) is 10.4. The Morgan fingerprint density at radius 3 is 2.79 bits per heavy atom. The maximum absolute atomic E-state index is 10.9. The third-order valence-corrected chi connectivity index (χ3v) is 3.62. The second-order valence-corrected chi connectivity index (χ2v) is 4.97. The van der Waals surface area contributed by atoms with Gasteiger partial charge in [-0.2, -0.15) is 0 Å². The van der Waals surface area contributed by atoms with Crippen molar-refractivity contribution in [3.8, 4) is 0 Å². The van der Waals surface area contributed by atoms with E-state index in [1.165, 1.54) is 17.8 Å². The predicted molar refractivity (Wildman–Crippen MR) is 76.2 cm³/mol. The van der Waals surface area contributed by atoms with Crippen LogP contribution >= 0.6 is 11.8 Å². The van der Waals surface area contributed by atoms with Gasteiger partial charge in [0.15, 0.2) is 0 Å². The van der Waals surface area contributed by atoms with Gasteiger partial charge in [-0.1, -0.05) is 18.2 Å². The fraction of sp³-hybridized carbons (Fsp3) is 0.154. The Morgan fingerprint density at radius 2 is 2.05 bits per heavy atom. The SMILES string of the molecule is Nc1cccnc1SCCc1ccccc1[N+](=O)[O-]. The maximum atomic E-state index is 10.9. The number of aryl methyl sites for hydroxylation is 1. The Hall–Kier alpha value is -2.08. The van der Waals surface area contributed by atoms with Gasteiger partial charge in [-0.25, -0.2) is 4.98 Å². The molecule has 0 amide bonds. The Kier molecular flexibility index (Phi) is 4.35. The Bertz CT molecular complexity index is 590. The van der Waals surface area contributed by atoms with E-state index in [2.05, 4.69) is 4.98 Å². The van der Waals surface area contributed by atoms with E-state index in [0.29, 0.717) is 17.9 Å². The number of hydrogen-bond donors (Lipinski definition) is 1. The highest BCUT2D eigenvalue weighted by atomic mass is 32.2. The highest BCUT2D eigenvalue weighted by molar-refractivity contribution is 7.99. The molecule has 2 rings (SSSR count). The third-order valence-electron chi connectivity index (χ3n) is 2.60. The van der Waals surface area contributed by atoms with E-state index in [1.54, 1.807) is 30.5 Å². The number of para-hydroxylation sites is 1. The molecule has 0 radical (unpaired) electrons. The summed E-state index contributed by atoms with van der Waals surface area (Å²) in [4.78, 5) is 14.7. The van der Waals surface area contributed by atoms with Crippen LogP contribution in [0.2, 0.25) is 0 Å². The summed E-state index contributed by atoms with van der Waals surface area (Å²) in [5, 5.41) is 11.6. The summed E-state index contributed by atoms with van der Waals surface area (Å²) < 4.78 is 0. The summed E-state index contributed by atoms with van der Waals surface area (Å²) in [7, 11) is 0. The number of nitrogens with zero attached hydrogens (tertiary/aromatic N) is 2. The minimum atomic E-state index is -0.352. The van der Waals surface area contributed by atoms with Gasteiger partial charge in [0.25, 0.3) is 5.69 Å². The highest BCUT2D eigenvalue weighted by Gasteiger charge is 2.12. The van der Waals surface area contributed by atoms with E-state index in [1.807, 2.05) is 6.07 Å².